The number of hydrogen-bond acceptors (Lipinski definition) is 7. The summed E-state index contributed by atoms with van der Waals surface area (Å²) < 4.78 is 4.24. The van der Waals surface area contributed by atoms with Crippen LogP contribution in [0.1, 0.15) is 5.69 Å². The smallest absolute Gasteiger partial charge is 0.295 e. The molecule has 0 spiro atoms. The summed E-state index contributed by atoms with van der Waals surface area (Å²) in [6.07, 6.45) is 1.28. The van der Waals surface area contributed by atoms with Gasteiger partial charge in [0.15, 0.2) is 0 Å². The maximum atomic E-state index is 13.3. The summed E-state index contributed by atoms with van der Waals surface area (Å²) in [6.45, 7) is 1.35. The van der Waals surface area contributed by atoms with Crippen molar-refractivity contribution in [3.63, 3.8) is 0 Å². The summed E-state index contributed by atoms with van der Waals surface area (Å²) in [5.41, 5.74) is 1.36. The molecule has 0 bridgehead atoms. The number of fused-ring (bicyclic) bond motifs is 1. The van der Waals surface area contributed by atoms with E-state index in [2.05, 4.69) is 10.3 Å². The average Bonchev–Trinajstić information content (AvgIpc) is 3.42. The van der Waals surface area contributed by atoms with Crippen molar-refractivity contribution in [1.82, 2.24) is 18.9 Å². The summed E-state index contributed by atoms with van der Waals surface area (Å²) in [5, 5.41) is 15.8. The number of hydrogen-bond donors (Lipinski definition) is 1. The largest absolute Gasteiger partial charge is 0.318 e. The van der Waals surface area contributed by atoms with Gasteiger partial charge in [0.1, 0.15) is 17.1 Å². The highest BCUT2D eigenvalue weighted by Gasteiger charge is 2.20. The molecule has 37 heavy (non-hydrogen) atoms. The van der Waals surface area contributed by atoms with Gasteiger partial charge >= 0.3 is 0 Å². The third-order valence-corrected chi connectivity index (χ3v) is 6.95. The topological polar surface area (TPSA) is 134 Å². The summed E-state index contributed by atoms with van der Waals surface area (Å²) in [4.78, 5) is 54.7. The normalized spacial score (nSPS) is 11.1. The zero-order valence-electron chi connectivity index (χ0n) is 19.7. The number of non-ortho nitro benzene ring substituents is 1. The average molecular weight is 517 g/mol. The van der Waals surface area contributed by atoms with Gasteiger partial charge in [0.2, 0.25) is 5.91 Å². The summed E-state index contributed by atoms with van der Waals surface area (Å²) >= 11 is 1.23. The van der Waals surface area contributed by atoms with Crippen molar-refractivity contribution in [2.75, 3.05) is 5.32 Å². The third kappa shape index (κ3) is 4.23. The maximum Gasteiger partial charge on any atom is 0.295 e. The number of aromatic nitrogens is 4. The van der Waals surface area contributed by atoms with E-state index in [4.69, 9.17) is 0 Å². The Morgan fingerprint density at radius 1 is 1.11 bits per heavy atom. The van der Waals surface area contributed by atoms with Crippen LogP contribution in [-0.2, 0) is 18.4 Å². The first-order chi connectivity index (χ1) is 17.8. The first kappa shape index (κ1) is 23.9. The molecule has 2 aromatic carbocycles. The molecule has 1 amide bonds. The second-order valence-electron chi connectivity index (χ2n) is 8.30. The second kappa shape index (κ2) is 9.32. The first-order valence-electron chi connectivity index (χ1n) is 11.1. The summed E-state index contributed by atoms with van der Waals surface area (Å²) in [6, 6.07) is 15.0. The zero-order valence-corrected chi connectivity index (χ0v) is 20.6. The molecule has 11 nitrogen and oxygen atoms in total. The number of carbonyl (C=O) groups excluding carboxylic acids is 1. The van der Waals surface area contributed by atoms with Gasteiger partial charge in [-0.25, -0.2) is 9.67 Å². The highest BCUT2D eigenvalue weighted by atomic mass is 32.1. The molecule has 0 unspecified atom stereocenters. The van der Waals surface area contributed by atoms with Gasteiger partial charge in [-0.3, -0.25) is 33.7 Å². The Hall–Kier alpha value is -4.84. The van der Waals surface area contributed by atoms with Gasteiger partial charge in [0.05, 0.1) is 28.0 Å². The molecule has 186 valence electrons. The van der Waals surface area contributed by atoms with Crippen molar-refractivity contribution < 1.29 is 9.72 Å². The first-order valence-corrected chi connectivity index (χ1v) is 12.0. The van der Waals surface area contributed by atoms with Gasteiger partial charge in [-0.1, -0.05) is 30.3 Å². The van der Waals surface area contributed by atoms with Crippen LogP contribution >= 0.6 is 11.3 Å². The van der Waals surface area contributed by atoms with Crippen molar-refractivity contribution in [2.45, 2.75) is 13.5 Å². The van der Waals surface area contributed by atoms with Gasteiger partial charge < -0.3 is 5.32 Å². The third-order valence-electron chi connectivity index (χ3n) is 6.06. The Morgan fingerprint density at radius 3 is 2.59 bits per heavy atom. The molecule has 1 N–H and O–H groups in total. The van der Waals surface area contributed by atoms with Gasteiger partial charge in [-0.2, -0.15) is 0 Å². The van der Waals surface area contributed by atoms with E-state index in [0.717, 1.165) is 4.57 Å². The molecule has 3 heterocycles. The number of anilines is 1. The van der Waals surface area contributed by atoms with Crippen molar-refractivity contribution in [3.8, 4) is 16.8 Å². The van der Waals surface area contributed by atoms with E-state index in [-0.39, 0.29) is 23.3 Å². The van der Waals surface area contributed by atoms with E-state index < -0.39 is 21.9 Å². The number of nitro benzene ring substituents is 1. The van der Waals surface area contributed by atoms with E-state index in [1.807, 2.05) is 18.2 Å². The van der Waals surface area contributed by atoms with Gasteiger partial charge in [-0.15, -0.1) is 11.3 Å². The second-order valence-corrected chi connectivity index (χ2v) is 9.16. The predicted molar refractivity (Wildman–Crippen MR) is 140 cm³/mol. The highest BCUT2D eigenvalue weighted by molar-refractivity contribution is 7.17. The van der Waals surface area contributed by atoms with Crippen LogP contribution < -0.4 is 16.4 Å². The number of nitrogens with zero attached hydrogens (tertiary/aromatic N) is 5. The number of benzene rings is 2. The molecule has 0 atom stereocenters. The fraction of sp³-hybridized carbons (Fsp3) is 0.120. The molecular weight excluding hydrogens is 496 g/mol. The Labute approximate surface area is 213 Å². The molecule has 12 heteroatoms. The van der Waals surface area contributed by atoms with Gasteiger partial charge in [0.25, 0.3) is 16.8 Å². The molecule has 0 aliphatic heterocycles. The molecule has 0 aliphatic carbocycles. The van der Waals surface area contributed by atoms with Gasteiger partial charge in [-0.05, 0) is 24.6 Å². The summed E-state index contributed by atoms with van der Waals surface area (Å²) in [7, 11) is 1.72. The fourth-order valence-electron chi connectivity index (χ4n) is 4.13. The van der Waals surface area contributed by atoms with Crippen LogP contribution in [0.5, 0.6) is 0 Å². The minimum atomic E-state index is -0.568. The molecule has 0 aliphatic rings. The zero-order chi connectivity index (χ0) is 26.3. The van der Waals surface area contributed by atoms with Crippen LogP contribution in [0.25, 0.3) is 27.0 Å². The standard InChI is InChI=1S/C25H20N6O5S/c1-15-22(25(34)30(28(15)2)17-8-4-3-5-9-17)27-20(32)12-29-14-26-23-21(24(29)33)19(13-37-23)16-7-6-10-18(11-16)31(35)36/h3-11,13-14H,12H2,1-2H3,(H,27,32). The Kier molecular flexibility index (Phi) is 6.01. The molecule has 0 fully saturated rings. The molecule has 5 aromatic rings. The number of nitro groups is 1. The van der Waals surface area contributed by atoms with Crippen molar-refractivity contribution in [1.29, 1.82) is 0 Å². The van der Waals surface area contributed by atoms with Crippen LogP contribution in [0, 0.1) is 17.0 Å². The molecule has 0 saturated carbocycles. The Balaban J connectivity index is 1.47. The van der Waals surface area contributed by atoms with Crippen molar-refractivity contribution >= 4 is 38.8 Å². The predicted octanol–water partition coefficient (Wildman–Crippen LogP) is 3.47. The van der Waals surface area contributed by atoms with Crippen LogP contribution in [-0.4, -0.2) is 29.7 Å². The molecule has 0 saturated heterocycles. The quantitative estimate of drug-likeness (QED) is 0.271. The van der Waals surface area contributed by atoms with E-state index in [0.29, 0.717) is 27.3 Å². The lowest BCUT2D eigenvalue weighted by Crippen LogP contribution is -2.29. The van der Waals surface area contributed by atoms with E-state index in [1.165, 1.54) is 34.5 Å². The van der Waals surface area contributed by atoms with E-state index >= 15 is 0 Å². The summed E-state index contributed by atoms with van der Waals surface area (Å²) in [5.74, 6) is -0.568. The lowest BCUT2D eigenvalue weighted by atomic mass is 10.1. The number of rotatable bonds is 6. The lowest BCUT2D eigenvalue weighted by Gasteiger charge is -2.07. The molecule has 0 radical (unpaired) electrons. The Morgan fingerprint density at radius 2 is 1.86 bits per heavy atom. The minimum absolute atomic E-state index is 0.0974. The highest BCUT2D eigenvalue weighted by Crippen LogP contribution is 2.32. The SMILES string of the molecule is Cc1c(NC(=O)Cn2cnc3scc(-c4cccc([N+](=O)[O-])c4)c3c2=O)c(=O)n(-c2ccccc2)n1C. The Bertz CT molecular complexity index is 1800. The maximum absolute atomic E-state index is 13.3. The van der Waals surface area contributed by atoms with E-state index in [9.17, 15) is 24.5 Å². The molecular formula is C25H20N6O5S. The number of carbonyl (C=O) groups is 1. The van der Waals surface area contributed by atoms with Gasteiger partial charge in [0, 0.05) is 30.1 Å². The number of amides is 1. The minimum Gasteiger partial charge on any atom is -0.318 e. The van der Waals surface area contributed by atoms with Crippen LogP contribution in [0.3, 0.4) is 0 Å². The number of para-hydroxylation sites is 1. The van der Waals surface area contributed by atoms with Crippen LogP contribution in [0.15, 0.2) is 75.9 Å². The van der Waals surface area contributed by atoms with Crippen molar-refractivity contribution in [2.24, 2.45) is 7.05 Å². The number of thiophene rings is 1. The number of nitrogens with one attached hydrogen (secondary N) is 1. The van der Waals surface area contributed by atoms with Crippen molar-refractivity contribution in [3.05, 3.63) is 103 Å². The van der Waals surface area contributed by atoms with Crippen LogP contribution in [0.4, 0.5) is 11.4 Å². The van der Waals surface area contributed by atoms with E-state index in [1.54, 1.807) is 48.3 Å². The lowest BCUT2D eigenvalue weighted by molar-refractivity contribution is -0.384. The monoisotopic (exact) mass is 516 g/mol. The van der Waals surface area contributed by atoms with Crippen LogP contribution in [0.2, 0.25) is 0 Å². The molecule has 5 rings (SSSR count). The molecule has 3 aromatic heterocycles. The fourth-order valence-corrected chi connectivity index (χ4v) is 5.03.